The van der Waals surface area contributed by atoms with Crippen LogP contribution in [-0.4, -0.2) is 25.2 Å². The van der Waals surface area contributed by atoms with Gasteiger partial charge in [-0.1, -0.05) is 30.3 Å². The van der Waals surface area contributed by atoms with Crippen molar-refractivity contribution in [3.63, 3.8) is 0 Å². The molecule has 3 rings (SSSR count). The van der Waals surface area contributed by atoms with E-state index in [0.717, 1.165) is 28.2 Å². The van der Waals surface area contributed by atoms with Gasteiger partial charge in [-0.2, -0.15) is 0 Å². The number of benzene rings is 2. The van der Waals surface area contributed by atoms with Gasteiger partial charge in [0.25, 0.3) is 5.91 Å². The topological polar surface area (TPSA) is 51.5 Å². The molecule has 120 valence electrons. The fourth-order valence-corrected chi connectivity index (χ4v) is 2.58. The van der Waals surface area contributed by atoms with Gasteiger partial charge in [0.2, 0.25) is 0 Å². The van der Waals surface area contributed by atoms with Gasteiger partial charge >= 0.3 is 0 Å². The first-order chi connectivity index (χ1) is 11.1. The highest BCUT2D eigenvalue weighted by Gasteiger charge is 2.13. The smallest absolute Gasteiger partial charge is 0.287 e. The van der Waals surface area contributed by atoms with Crippen LogP contribution in [0, 0.1) is 0 Å². The summed E-state index contributed by atoms with van der Waals surface area (Å²) in [6.07, 6.45) is 1.00. The number of furan rings is 1. The lowest BCUT2D eigenvalue weighted by Crippen LogP contribution is -2.25. The zero-order valence-electron chi connectivity index (χ0n) is 13.5. The number of hydrogen-bond donors (Lipinski definition) is 1. The molecule has 1 aromatic heterocycles. The van der Waals surface area contributed by atoms with E-state index < -0.39 is 0 Å². The molecule has 0 bridgehead atoms. The number of carbonyl (C=O) groups is 1. The number of ether oxygens (including phenoxy) is 1. The molecule has 3 aromatic rings. The summed E-state index contributed by atoms with van der Waals surface area (Å²) < 4.78 is 11.1. The molecule has 1 N–H and O–H groups in total. The van der Waals surface area contributed by atoms with E-state index in [2.05, 4.69) is 11.4 Å². The Morgan fingerprint density at radius 1 is 1.17 bits per heavy atom. The molecule has 0 fully saturated rings. The number of fused-ring (bicyclic) bond motifs is 3. The highest BCUT2D eigenvalue weighted by molar-refractivity contribution is 6.08. The van der Waals surface area contributed by atoms with Crippen molar-refractivity contribution in [2.45, 2.75) is 26.4 Å². The van der Waals surface area contributed by atoms with E-state index in [4.69, 9.17) is 9.15 Å². The molecular formula is C19H21NO3. The Morgan fingerprint density at radius 2 is 2.00 bits per heavy atom. The summed E-state index contributed by atoms with van der Waals surface area (Å²) >= 11 is 0. The summed E-state index contributed by atoms with van der Waals surface area (Å²) in [4.78, 5) is 12.2. The zero-order chi connectivity index (χ0) is 16.2. The number of hydrogen-bond acceptors (Lipinski definition) is 3. The maximum absolute atomic E-state index is 12.2. The maximum Gasteiger partial charge on any atom is 0.287 e. The second-order valence-corrected chi connectivity index (χ2v) is 5.84. The highest BCUT2D eigenvalue weighted by Crippen LogP contribution is 2.28. The van der Waals surface area contributed by atoms with Crippen molar-refractivity contribution in [2.75, 3.05) is 13.2 Å². The van der Waals surface area contributed by atoms with Crippen molar-refractivity contribution < 1.29 is 13.9 Å². The van der Waals surface area contributed by atoms with E-state index in [1.165, 1.54) is 0 Å². The first kappa shape index (κ1) is 15.6. The van der Waals surface area contributed by atoms with E-state index >= 15 is 0 Å². The van der Waals surface area contributed by atoms with E-state index in [-0.39, 0.29) is 12.0 Å². The average molecular weight is 311 g/mol. The van der Waals surface area contributed by atoms with E-state index in [1.54, 1.807) is 0 Å². The molecule has 0 aliphatic carbocycles. The fourth-order valence-electron chi connectivity index (χ4n) is 2.58. The van der Waals surface area contributed by atoms with Crippen molar-refractivity contribution in [2.24, 2.45) is 0 Å². The van der Waals surface area contributed by atoms with Gasteiger partial charge in [-0.3, -0.25) is 4.79 Å². The largest absolute Gasteiger partial charge is 0.451 e. The van der Waals surface area contributed by atoms with Crippen molar-refractivity contribution in [1.82, 2.24) is 5.32 Å². The van der Waals surface area contributed by atoms with Gasteiger partial charge in [0.15, 0.2) is 5.76 Å². The quantitative estimate of drug-likeness (QED) is 0.696. The summed E-state index contributed by atoms with van der Waals surface area (Å²) in [5.41, 5.74) is 0.733. The second kappa shape index (κ2) is 6.84. The SMILES string of the molecule is CC(C)OCCCNC(=O)c1cc2c(ccc3ccccc32)o1. The van der Waals surface area contributed by atoms with E-state index in [0.29, 0.717) is 18.9 Å². The molecule has 4 heteroatoms. The first-order valence-corrected chi connectivity index (χ1v) is 7.96. The Balaban J connectivity index is 1.70. The molecule has 0 saturated carbocycles. The molecule has 0 radical (unpaired) electrons. The summed E-state index contributed by atoms with van der Waals surface area (Å²) in [6, 6.07) is 13.8. The van der Waals surface area contributed by atoms with Crippen LogP contribution in [0.3, 0.4) is 0 Å². The molecule has 4 nitrogen and oxygen atoms in total. The van der Waals surface area contributed by atoms with Crippen LogP contribution in [0.15, 0.2) is 46.9 Å². The third kappa shape index (κ3) is 3.54. The Morgan fingerprint density at radius 3 is 2.83 bits per heavy atom. The molecule has 0 aliphatic heterocycles. The van der Waals surface area contributed by atoms with Gasteiger partial charge in [-0.05, 0) is 43.2 Å². The van der Waals surface area contributed by atoms with Gasteiger partial charge in [-0.15, -0.1) is 0 Å². The molecule has 1 heterocycles. The lowest BCUT2D eigenvalue weighted by molar-refractivity contribution is 0.0753. The van der Waals surface area contributed by atoms with Crippen LogP contribution in [0.1, 0.15) is 30.8 Å². The Bertz CT molecular complexity index is 820. The Kier molecular flexibility index (Phi) is 4.63. The van der Waals surface area contributed by atoms with Crippen LogP contribution in [0.4, 0.5) is 0 Å². The standard InChI is InChI=1S/C19H21NO3/c1-13(2)22-11-5-10-20-19(21)18-12-16-15-7-4-3-6-14(15)8-9-17(16)23-18/h3-4,6-9,12-13H,5,10-11H2,1-2H3,(H,20,21). The number of amides is 1. The van der Waals surface area contributed by atoms with Crippen LogP contribution in [-0.2, 0) is 4.74 Å². The molecule has 1 amide bonds. The van der Waals surface area contributed by atoms with Gasteiger partial charge in [0.05, 0.1) is 6.10 Å². The lowest BCUT2D eigenvalue weighted by atomic mass is 10.1. The van der Waals surface area contributed by atoms with Gasteiger partial charge in [0, 0.05) is 18.5 Å². The molecule has 0 spiro atoms. The van der Waals surface area contributed by atoms with Crippen molar-refractivity contribution in [1.29, 1.82) is 0 Å². The monoisotopic (exact) mass is 311 g/mol. The van der Waals surface area contributed by atoms with Crippen molar-refractivity contribution in [3.8, 4) is 0 Å². The highest BCUT2D eigenvalue weighted by atomic mass is 16.5. The Hall–Kier alpha value is -2.33. The Labute approximate surface area is 135 Å². The molecule has 2 aromatic carbocycles. The lowest BCUT2D eigenvalue weighted by Gasteiger charge is -2.07. The van der Waals surface area contributed by atoms with Crippen LogP contribution in [0.25, 0.3) is 21.7 Å². The minimum Gasteiger partial charge on any atom is -0.451 e. The van der Waals surface area contributed by atoms with Crippen molar-refractivity contribution in [3.05, 3.63) is 48.2 Å². The third-order valence-electron chi connectivity index (χ3n) is 3.71. The zero-order valence-corrected chi connectivity index (χ0v) is 13.5. The minimum absolute atomic E-state index is 0.185. The van der Waals surface area contributed by atoms with Crippen molar-refractivity contribution >= 4 is 27.6 Å². The van der Waals surface area contributed by atoms with Gasteiger partial charge in [0.1, 0.15) is 5.58 Å². The first-order valence-electron chi connectivity index (χ1n) is 7.96. The summed E-state index contributed by atoms with van der Waals surface area (Å²) in [5, 5.41) is 6.07. The van der Waals surface area contributed by atoms with Gasteiger partial charge in [-0.25, -0.2) is 0 Å². The number of carbonyl (C=O) groups excluding carboxylic acids is 1. The van der Waals surface area contributed by atoms with Crippen LogP contribution < -0.4 is 5.32 Å². The van der Waals surface area contributed by atoms with Crippen LogP contribution in [0.5, 0.6) is 0 Å². The minimum atomic E-state index is -0.185. The average Bonchev–Trinajstić information content (AvgIpc) is 2.99. The number of nitrogens with one attached hydrogen (secondary N) is 1. The van der Waals surface area contributed by atoms with E-state index in [1.807, 2.05) is 50.2 Å². The molecule has 0 atom stereocenters. The molecule has 0 aliphatic rings. The summed E-state index contributed by atoms with van der Waals surface area (Å²) in [5.74, 6) is 0.163. The van der Waals surface area contributed by atoms with E-state index in [9.17, 15) is 4.79 Å². The van der Waals surface area contributed by atoms with Crippen LogP contribution in [0.2, 0.25) is 0 Å². The molecule has 23 heavy (non-hydrogen) atoms. The number of rotatable bonds is 6. The molecule has 0 unspecified atom stereocenters. The normalized spacial score (nSPS) is 11.4. The van der Waals surface area contributed by atoms with Gasteiger partial charge < -0.3 is 14.5 Å². The third-order valence-corrected chi connectivity index (χ3v) is 3.71. The predicted molar refractivity (Wildman–Crippen MR) is 91.8 cm³/mol. The molecule has 0 saturated heterocycles. The second-order valence-electron chi connectivity index (χ2n) is 5.84. The summed E-state index contributed by atoms with van der Waals surface area (Å²) in [7, 11) is 0. The van der Waals surface area contributed by atoms with Crippen LogP contribution >= 0.6 is 0 Å². The summed E-state index contributed by atoms with van der Waals surface area (Å²) in [6.45, 7) is 5.21. The maximum atomic E-state index is 12.2. The fraction of sp³-hybridized carbons (Fsp3) is 0.316. The predicted octanol–water partition coefficient (Wildman–Crippen LogP) is 4.13. The molecular weight excluding hydrogens is 290 g/mol.